The topological polar surface area (TPSA) is 394 Å². The summed E-state index contributed by atoms with van der Waals surface area (Å²) in [6.45, 7) is 33.5. The Balaban J connectivity index is 0.000000297. The van der Waals surface area contributed by atoms with Crippen molar-refractivity contribution in [3.05, 3.63) is 90.2 Å². The molecule has 0 aromatic carbocycles. The molecule has 0 bridgehead atoms. The lowest BCUT2D eigenvalue weighted by atomic mass is 9.96. The number of aliphatic hydroxyl groups excluding tert-OH is 4. The number of nitrogens with zero attached hydrogens (tertiary/aromatic N) is 9. The van der Waals surface area contributed by atoms with E-state index in [1.54, 1.807) is 95.2 Å². The fourth-order valence-corrected chi connectivity index (χ4v) is 11.7. The van der Waals surface area contributed by atoms with E-state index in [2.05, 4.69) is 43.1 Å². The van der Waals surface area contributed by atoms with Crippen LogP contribution in [0.4, 0.5) is 17.1 Å². The van der Waals surface area contributed by atoms with Crippen molar-refractivity contribution < 1.29 is 78.0 Å². The molecule has 3 aliphatic rings. The number of allylic oxidation sites excluding steroid dienone is 2. The number of carbonyl (C=O) groups is 3. The lowest BCUT2D eigenvalue weighted by Crippen LogP contribution is -2.35. The lowest BCUT2D eigenvalue weighted by molar-refractivity contribution is -0.387. The molecular weight excluding hydrogens is 1210 g/mol. The van der Waals surface area contributed by atoms with E-state index in [9.17, 15) is 60.0 Å². The van der Waals surface area contributed by atoms with Gasteiger partial charge in [-0.15, -0.1) is 13.2 Å². The number of ether oxygens (including phenoxy) is 6. The monoisotopic (exact) mass is 1310 g/mol. The first kappa shape index (κ1) is 78.0. The molecule has 4 N–H and O–H groups in total. The van der Waals surface area contributed by atoms with Crippen LogP contribution in [0.15, 0.2) is 25.3 Å². The standard InChI is InChI=1S/2C22H33N3O6.C21H33N3O7/c1-7-8-9-16-12-15(10-11-30-21(27)22(4,5)6)18(26)19(16)31-20-17(25(28)29)13(2)23-14(3)24-20;1-7-8-9-15-12-16(10-11-30-21(27)22(4,5)6)19(18(15)26)31-20-17(25(28)29)13(2)23-14(3)24-20;1-12-16(24(28)29)19(23-13(2)22-12)31-18-15(8-10-30-20(27)21(3,4)5)11-14(17(18)26)7-6-9-25/h2*7,15-16,18-19,26H,1,8-12H2,2-6H3;14-15,17-18,25-26H,6-11H2,1-5H3/t15-,16-,18+,19-;15-,16-,18-,19+;14-,15-,17-,18+/m000/s1. The molecule has 28 nitrogen and oxygen atoms in total. The molecule has 518 valence electrons. The van der Waals surface area contributed by atoms with Gasteiger partial charge in [-0.25, -0.2) is 15.0 Å². The summed E-state index contributed by atoms with van der Waals surface area (Å²) in [5.74, 6) is -1.02. The Hall–Kier alpha value is -7.43. The molecule has 0 spiro atoms. The fourth-order valence-electron chi connectivity index (χ4n) is 11.7. The van der Waals surface area contributed by atoms with Crippen molar-refractivity contribution in [2.75, 3.05) is 26.4 Å². The van der Waals surface area contributed by atoms with E-state index in [0.717, 1.165) is 25.7 Å². The van der Waals surface area contributed by atoms with Gasteiger partial charge in [0.15, 0.2) is 0 Å². The van der Waals surface area contributed by atoms with Gasteiger partial charge < -0.3 is 48.8 Å². The van der Waals surface area contributed by atoms with Gasteiger partial charge in [-0.1, -0.05) is 12.2 Å². The van der Waals surface area contributed by atoms with Crippen LogP contribution >= 0.6 is 0 Å². The summed E-state index contributed by atoms with van der Waals surface area (Å²) >= 11 is 0. The molecule has 0 saturated heterocycles. The molecule has 0 aliphatic heterocycles. The van der Waals surface area contributed by atoms with Gasteiger partial charge in [-0.2, -0.15) is 15.0 Å². The van der Waals surface area contributed by atoms with E-state index in [-0.39, 0.29) is 132 Å². The molecule has 0 unspecified atom stereocenters. The van der Waals surface area contributed by atoms with Crippen LogP contribution in [-0.2, 0) is 28.6 Å². The predicted molar refractivity (Wildman–Crippen MR) is 341 cm³/mol. The van der Waals surface area contributed by atoms with Crippen molar-refractivity contribution in [2.45, 2.75) is 218 Å². The SMILES string of the molecule is C=CCC[C@H]1C[C@H](CCOC(=O)C(C)(C)C)[C@@H](O)[C@H]1Oc1nc(C)nc(C)c1[N+](=O)[O-].C=CCC[C@H]1C[C@H](CCOC(=O)C(C)(C)C)[C@@H](Oc2nc(C)nc(C)c2[N+](=O)[O-])[C@H]1O.Cc1nc(C)c([N+](=O)[O-])c(O[C@@H]2[C@@H](CCOC(=O)C(C)(C)C)C[C@H](CCCO)[C@@H]2O)n1. The number of aliphatic hydroxyl groups is 4. The maximum atomic E-state index is 12.1. The quantitative estimate of drug-likeness (QED) is 0.0181. The van der Waals surface area contributed by atoms with Crippen LogP contribution in [0.25, 0.3) is 0 Å². The molecule has 0 radical (unpaired) electrons. The second-order valence-electron chi connectivity index (χ2n) is 27.4. The van der Waals surface area contributed by atoms with Crippen molar-refractivity contribution >= 4 is 35.0 Å². The second-order valence-corrected chi connectivity index (χ2v) is 27.4. The molecule has 3 heterocycles. The molecule has 93 heavy (non-hydrogen) atoms. The van der Waals surface area contributed by atoms with Crippen molar-refractivity contribution in [3.63, 3.8) is 0 Å². The third-order valence-corrected chi connectivity index (χ3v) is 16.6. The highest BCUT2D eigenvalue weighted by Gasteiger charge is 2.48. The molecule has 3 saturated carbocycles. The van der Waals surface area contributed by atoms with Gasteiger partial charge in [0.25, 0.3) is 17.6 Å². The molecule has 3 aliphatic carbocycles. The molecule has 3 aromatic rings. The average Bonchev–Trinajstić information content (AvgIpc) is 1.82. The van der Waals surface area contributed by atoms with Crippen molar-refractivity contribution in [2.24, 2.45) is 51.8 Å². The molecular formula is C65H99N9O19. The molecule has 3 fully saturated rings. The number of carbonyl (C=O) groups excluding carboxylic acids is 3. The first-order chi connectivity index (χ1) is 43.4. The van der Waals surface area contributed by atoms with Crippen LogP contribution in [-0.4, -0.2) is 146 Å². The van der Waals surface area contributed by atoms with Gasteiger partial charge in [0, 0.05) is 18.4 Å². The van der Waals surface area contributed by atoms with E-state index >= 15 is 0 Å². The van der Waals surface area contributed by atoms with Crippen LogP contribution in [0.2, 0.25) is 0 Å². The minimum Gasteiger partial charge on any atom is -0.466 e. The van der Waals surface area contributed by atoms with Crippen LogP contribution in [0.1, 0.15) is 174 Å². The zero-order valence-electron chi connectivity index (χ0n) is 56.7. The molecule has 28 heteroatoms. The lowest BCUT2D eigenvalue weighted by Gasteiger charge is -2.24. The summed E-state index contributed by atoms with van der Waals surface area (Å²) in [5, 5.41) is 76.6. The minimum atomic E-state index is -0.884. The number of nitro groups is 3. The Morgan fingerprint density at radius 2 is 0.720 bits per heavy atom. The van der Waals surface area contributed by atoms with Gasteiger partial charge in [-0.05, 0) is 205 Å². The van der Waals surface area contributed by atoms with Crippen LogP contribution in [0.3, 0.4) is 0 Å². The second kappa shape index (κ2) is 34.6. The third-order valence-electron chi connectivity index (χ3n) is 16.6. The van der Waals surface area contributed by atoms with Gasteiger partial charge in [0.05, 0.1) is 69.1 Å². The Bertz CT molecular complexity index is 3070. The Morgan fingerprint density at radius 1 is 0.462 bits per heavy atom. The number of esters is 3. The largest absolute Gasteiger partial charge is 0.466 e. The summed E-state index contributed by atoms with van der Waals surface area (Å²) in [5.41, 5.74) is -2.12. The smallest absolute Gasteiger partial charge is 0.351 e. The fraction of sp³-hybridized carbons (Fsp3) is 0.708. The average molecular weight is 1310 g/mol. The Kier molecular flexibility index (Phi) is 29.1. The van der Waals surface area contributed by atoms with E-state index in [1.165, 1.54) is 20.8 Å². The number of hydrogen-bond donors (Lipinski definition) is 4. The zero-order valence-corrected chi connectivity index (χ0v) is 56.7. The van der Waals surface area contributed by atoms with Crippen molar-refractivity contribution in [3.8, 4) is 17.6 Å². The number of aromatic nitrogens is 6. The summed E-state index contributed by atoms with van der Waals surface area (Å²) in [4.78, 5) is 93.5. The highest BCUT2D eigenvalue weighted by molar-refractivity contribution is 5.76. The summed E-state index contributed by atoms with van der Waals surface area (Å²) in [7, 11) is 0. The Morgan fingerprint density at radius 3 is 0.989 bits per heavy atom. The summed E-state index contributed by atoms with van der Waals surface area (Å²) in [6.07, 6.45) is 6.28. The highest BCUT2D eigenvalue weighted by Crippen LogP contribution is 2.44. The summed E-state index contributed by atoms with van der Waals surface area (Å²) in [6, 6.07) is 0. The summed E-state index contributed by atoms with van der Waals surface area (Å²) < 4.78 is 34.0. The molecule has 12 atom stereocenters. The number of aryl methyl sites for hydroxylation is 6. The highest BCUT2D eigenvalue weighted by atomic mass is 16.6. The normalized spacial score (nSPS) is 23.5. The maximum absolute atomic E-state index is 12.1. The van der Waals surface area contributed by atoms with E-state index in [0.29, 0.717) is 68.8 Å². The van der Waals surface area contributed by atoms with E-state index in [4.69, 9.17) is 33.5 Å². The maximum Gasteiger partial charge on any atom is 0.351 e. The van der Waals surface area contributed by atoms with Crippen molar-refractivity contribution in [1.82, 2.24) is 29.9 Å². The van der Waals surface area contributed by atoms with E-state index < -0.39 is 67.6 Å². The van der Waals surface area contributed by atoms with Gasteiger partial charge >= 0.3 is 35.0 Å². The third kappa shape index (κ3) is 22.4. The first-order valence-electron chi connectivity index (χ1n) is 31.7. The number of rotatable bonds is 27. The van der Waals surface area contributed by atoms with Crippen molar-refractivity contribution in [1.29, 1.82) is 0 Å². The van der Waals surface area contributed by atoms with Gasteiger partial charge in [-0.3, -0.25) is 44.7 Å². The van der Waals surface area contributed by atoms with Gasteiger partial charge in [0.2, 0.25) is 0 Å². The van der Waals surface area contributed by atoms with Crippen LogP contribution in [0.5, 0.6) is 17.6 Å². The molecule has 6 rings (SSSR count). The van der Waals surface area contributed by atoms with Gasteiger partial charge in [0.1, 0.15) is 52.9 Å². The van der Waals surface area contributed by atoms with Crippen LogP contribution in [0, 0.1) is 124 Å². The molecule has 0 amide bonds. The Labute approximate surface area is 544 Å². The minimum absolute atomic E-state index is 0.0123. The van der Waals surface area contributed by atoms with Crippen LogP contribution < -0.4 is 14.2 Å². The molecule has 3 aromatic heterocycles. The first-order valence-corrected chi connectivity index (χ1v) is 31.7. The predicted octanol–water partition coefficient (Wildman–Crippen LogP) is 9.88. The number of hydrogen-bond acceptors (Lipinski definition) is 25. The van der Waals surface area contributed by atoms with E-state index in [1.807, 2.05) is 0 Å². The zero-order chi connectivity index (χ0) is 70.0.